The Balaban J connectivity index is 1.71. The van der Waals surface area contributed by atoms with E-state index in [-0.39, 0.29) is 10.9 Å². The second-order valence-corrected chi connectivity index (χ2v) is 8.99. The molecule has 0 amide bonds. The van der Waals surface area contributed by atoms with E-state index in [1.165, 1.54) is 12.5 Å². The summed E-state index contributed by atoms with van der Waals surface area (Å²) >= 11 is 6.00. The second-order valence-electron chi connectivity index (χ2n) is 6.67. The molecular formula is C17H21ClN4O2S. The first-order valence-electron chi connectivity index (χ1n) is 8.77. The van der Waals surface area contributed by atoms with Crippen LogP contribution >= 0.6 is 11.6 Å². The zero-order chi connectivity index (χ0) is 17.4. The first-order chi connectivity index (χ1) is 12.1. The molecule has 1 saturated heterocycles. The van der Waals surface area contributed by atoms with E-state index in [9.17, 15) is 8.42 Å². The minimum absolute atomic E-state index is 0.238. The third-order valence-corrected chi connectivity index (χ3v) is 7.18. The van der Waals surface area contributed by atoms with E-state index in [4.69, 9.17) is 11.6 Å². The van der Waals surface area contributed by atoms with Crippen molar-refractivity contribution in [2.24, 2.45) is 0 Å². The molecule has 0 spiro atoms. The monoisotopic (exact) mass is 380 g/mol. The summed E-state index contributed by atoms with van der Waals surface area (Å²) in [4.78, 5) is 0.238. The van der Waals surface area contributed by atoms with Crippen molar-refractivity contribution >= 4 is 21.6 Å². The van der Waals surface area contributed by atoms with Gasteiger partial charge in [-0.15, -0.1) is 10.2 Å². The standard InChI is InChI=1S/C17H21ClN4O2S/c18-13-6-4-7-14(12-13)25(23,24)22-11-5-8-15(22)17-20-19-16-9-2-1-3-10-21(16)17/h4,6-7,12,15H,1-3,5,8-11H2. The number of hydrogen-bond acceptors (Lipinski definition) is 4. The van der Waals surface area contributed by atoms with Gasteiger partial charge in [0.2, 0.25) is 10.0 Å². The summed E-state index contributed by atoms with van der Waals surface area (Å²) in [6.45, 7) is 1.38. The van der Waals surface area contributed by atoms with E-state index in [1.54, 1.807) is 22.5 Å². The zero-order valence-electron chi connectivity index (χ0n) is 13.9. The minimum atomic E-state index is -3.60. The molecule has 1 aromatic heterocycles. The van der Waals surface area contributed by atoms with Crippen molar-refractivity contribution in [2.45, 2.75) is 56.0 Å². The van der Waals surface area contributed by atoms with E-state index < -0.39 is 10.0 Å². The maximum atomic E-state index is 13.1. The number of nitrogens with zero attached hydrogens (tertiary/aromatic N) is 4. The highest BCUT2D eigenvalue weighted by molar-refractivity contribution is 7.89. The fourth-order valence-electron chi connectivity index (χ4n) is 3.80. The lowest BCUT2D eigenvalue weighted by Crippen LogP contribution is -2.32. The molecule has 134 valence electrons. The largest absolute Gasteiger partial charge is 0.314 e. The molecule has 25 heavy (non-hydrogen) atoms. The normalized spacial score (nSPS) is 21.9. The number of hydrogen-bond donors (Lipinski definition) is 0. The van der Waals surface area contributed by atoms with Crippen LogP contribution in [0.15, 0.2) is 29.2 Å². The van der Waals surface area contributed by atoms with E-state index in [2.05, 4.69) is 14.8 Å². The van der Waals surface area contributed by atoms with Gasteiger partial charge < -0.3 is 4.57 Å². The highest BCUT2D eigenvalue weighted by Crippen LogP contribution is 2.37. The van der Waals surface area contributed by atoms with E-state index in [1.807, 2.05) is 0 Å². The Morgan fingerprint density at radius 1 is 1.08 bits per heavy atom. The number of rotatable bonds is 3. The average Bonchev–Trinajstić information content (AvgIpc) is 3.16. The Morgan fingerprint density at radius 2 is 1.96 bits per heavy atom. The minimum Gasteiger partial charge on any atom is -0.314 e. The summed E-state index contributed by atoms with van der Waals surface area (Å²) in [6.07, 6.45) is 5.91. The molecule has 1 fully saturated rings. The van der Waals surface area contributed by atoms with Gasteiger partial charge in [-0.3, -0.25) is 0 Å². The summed E-state index contributed by atoms with van der Waals surface area (Å²) in [7, 11) is -3.60. The number of halogens is 1. The van der Waals surface area contributed by atoms with Gasteiger partial charge in [-0.2, -0.15) is 4.31 Å². The number of aryl methyl sites for hydroxylation is 1. The highest BCUT2D eigenvalue weighted by Gasteiger charge is 2.39. The van der Waals surface area contributed by atoms with Crippen LogP contribution in [0.25, 0.3) is 0 Å². The summed E-state index contributed by atoms with van der Waals surface area (Å²) in [5.74, 6) is 1.78. The molecule has 4 rings (SSSR count). The Bertz CT molecular complexity index is 881. The van der Waals surface area contributed by atoms with Gasteiger partial charge >= 0.3 is 0 Å². The van der Waals surface area contributed by atoms with Crippen LogP contribution in [-0.4, -0.2) is 34.0 Å². The van der Waals surface area contributed by atoms with Crippen LogP contribution < -0.4 is 0 Å². The summed E-state index contributed by atoms with van der Waals surface area (Å²) in [5.41, 5.74) is 0. The molecule has 0 saturated carbocycles. The lowest BCUT2D eigenvalue weighted by molar-refractivity contribution is 0.370. The summed E-state index contributed by atoms with van der Waals surface area (Å²) in [6, 6.07) is 6.21. The maximum Gasteiger partial charge on any atom is 0.243 e. The van der Waals surface area contributed by atoms with Gasteiger partial charge in [-0.25, -0.2) is 8.42 Å². The predicted molar refractivity (Wildman–Crippen MR) is 94.9 cm³/mol. The lowest BCUT2D eigenvalue weighted by atomic mass is 10.2. The van der Waals surface area contributed by atoms with Gasteiger partial charge in [-0.05, 0) is 43.9 Å². The Hall–Kier alpha value is -1.44. The molecule has 6 nitrogen and oxygen atoms in total. The van der Waals surface area contributed by atoms with Crippen LogP contribution in [0.1, 0.15) is 49.8 Å². The molecule has 1 aromatic carbocycles. The van der Waals surface area contributed by atoms with Crippen LogP contribution in [0.2, 0.25) is 5.02 Å². The number of fused-ring (bicyclic) bond motifs is 1. The Morgan fingerprint density at radius 3 is 2.80 bits per heavy atom. The number of benzene rings is 1. The van der Waals surface area contributed by atoms with Gasteiger partial charge in [-0.1, -0.05) is 24.1 Å². The molecule has 1 atom stereocenters. The van der Waals surface area contributed by atoms with Crippen LogP contribution in [0.3, 0.4) is 0 Å². The van der Waals surface area contributed by atoms with Crippen LogP contribution in [-0.2, 0) is 23.0 Å². The fraction of sp³-hybridized carbons (Fsp3) is 0.529. The Labute approximate surface area is 152 Å². The fourth-order valence-corrected chi connectivity index (χ4v) is 5.76. The predicted octanol–water partition coefficient (Wildman–Crippen LogP) is 3.18. The van der Waals surface area contributed by atoms with E-state index in [0.29, 0.717) is 11.6 Å². The second kappa shape index (κ2) is 6.70. The molecule has 0 aliphatic carbocycles. The third-order valence-electron chi connectivity index (χ3n) is 5.04. The molecule has 1 unspecified atom stereocenters. The lowest BCUT2D eigenvalue weighted by Gasteiger charge is -2.24. The van der Waals surface area contributed by atoms with Crippen molar-refractivity contribution in [1.29, 1.82) is 0 Å². The quantitative estimate of drug-likeness (QED) is 0.820. The Kier molecular flexibility index (Phi) is 4.56. The summed E-state index contributed by atoms with van der Waals surface area (Å²) < 4.78 is 30.0. The van der Waals surface area contributed by atoms with Crippen molar-refractivity contribution in [2.75, 3.05) is 6.54 Å². The van der Waals surface area contributed by atoms with Gasteiger partial charge in [0.25, 0.3) is 0 Å². The third kappa shape index (κ3) is 3.09. The van der Waals surface area contributed by atoms with Crippen molar-refractivity contribution in [3.8, 4) is 0 Å². The van der Waals surface area contributed by atoms with Crippen molar-refractivity contribution < 1.29 is 8.42 Å². The molecule has 2 aliphatic heterocycles. The molecular weight excluding hydrogens is 360 g/mol. The highest BCUT2D eigenvalue weighted by atomic mass is 35.5. The number of aromatic nitrogens is 3. The molecule has 0 N–H and O–H groups in total. The average molecular weight is 381 g/mol. The summed E-state index contributed by atoms with van der Waals surface area (Å²) in [5, 5.41) is 9.14. The van der Waals surface area contributed by atoms with Crippen molar-refractivity contribution in [3.05, 3.63) is 40.9 Å². The van der Waals surface area contributed by atoms with Crippen LogP contribution in [0.4, 0.5) is 0 Å². The van der Waals surface area contributed by atoms with Crippen molar-refractivity contribution in [3.63, 3.8) is 0 Å². The van der Waals surface area contributed by atoms with Gasteiger partial charge in [0, 0.05) is 24.5 Å². The molecule has 8 heteroatoms. The molecule has 2 aromatic rings. The topological polar surface area (TPSA) is 68.1 Å². The zero-order valence-corrected chi connectivity index (χ0v) is 15.5. The van der Waals surface area contributed by atoms with Crippen LogP contribution in [0.5, 0.6) is 0 Å². The first kappa shape index (κ1) is 17.0. The van der Waals surface area contributed by atoms with Gasteiger partial charge in [0.1, 0.15) is 5.82 Å². The smallest absolute Gasteiger partial charge is 0.243 e. The molecule has 3 heterocycles. The van der Waals surface area contributed by atoms with Crippen molar-refractivity contribution in [1.82, 2.24) is 19.1 Å². The van der Waals surface area contributed by atoms with Crippen LogP contribution in [0, 0.1) is 0 Å². The first-order valence-corrected chi connectivity index (χ1v) is 10.6. The molecule has 0 radical (unpaired) electrons. The maximum absolute atomic E-state index is 13.1. The van der Waals surface area contributed by atoms with Gasteiger partial charge in [0.15, 0.2) is 5.82 Å². The molecule has 0 bridgehead atoms. The van der Waals surface area contributed by atoms with Gasteiger partial charge in [0.05, 0.1) is 10.9 Å². The number of sulfonamides is 1. The molecule has 2 aliphatic rings. The van der Waals surface area contributed by atoms with E-state index >= 15 is 0 Å². The SMILES string of the molecule is O=S(=O)(c1cccc(Cl)c1)N1CCCC1c1nnc2n1CCCCC2. The van der Waals surface area contributed by atoms with E-state index in [0.717, 1.165) is 50.3 Å².